The fraction of sp³-hybridized carbons (Fsp3) is 0.647. The van der Waals surface area contributed by atoms with Gasteiger partial charge in [-0.3, -0.25) is 0 Å². The molecule has 1 heteroatoms. The Morgan fingerprint density at radius 1 is 1.06 bits per heavy atom. The van der Waals surface area contributed by atoms with Crippen LogP contribution in [0.3, 0.4) is 0 Å². The Balaban J connectivity index is 1.68. The number of hydrogen-bond donors (Lipinski definition) is 1. The highest BCUT2D eigenvalue weighted by atomic mass is 16.3. The summed E-state index contributed by atoms with van der Waals surface area (Å²) in [4.78, 5) is 0. The van der Waals surface area contributed by atoms with Crippen molar-refractivity contribution in [3.05, 3.63) is 35.4 Å². The first-order chi connectivity index (χ1) is 8.69. The van der Waals surface area contributed by atoms with Crippen molar-refractivity contribution in [2.45, 2.75) is 51.6 Å². The van der Waals surface area contributed by atoms with E-state index in [2.05, 4.69) is 38.1 Å². The van der Waals surface area contributed by atoms with Crippen molar-refractivity contribution in [1.29, 1.82) is 0 Å². The zero-order chi connectivity index (χ0) is 12.7. The zero-order valence-electron chi connectivity index (χ0n) is 11.5. The highest BCUT2D eigenvalue weighted by Crippen LogP contribution is 2.57. The smallest absolute Gasteiger partial charge is 0.0818 e. The van der Waals surface area contributed by atoms with Crippen molar-refractivity contribution in [3.63, 3.8) is 0 Å². The molecule has 1 N–H and O–H groups in total. The first-order valence-electron chi connectivity index (χ1n) is 7.47. The molecule has 0 spiro atoms. The SMILES string of the molecule is CCC(C)c1ccc(C(O)C2CC3CC3C2)cc1. The van der Waals surface area contributed by atoms with Crippen LogP contribution in [-0.2, 0) is 0 Å². The third-order valence-electron chi connectivity index (χ3n) is 5.19. The maximum absolute atomic E-state index is 10.4. The minimum Gasteiger partial charge on any atom is -0.388 e. The number of hydrogen-bond acceptors (Lipinski definition) is 1. The Morgan fingerprint density at radius 3 is 2.17 bits per heavy atom. The summed E-state index contributed by atoms with van der Waals surface area (Å²) in [5.74, 6) is 3.03. The van der Waals surface area contributed by atoms with Crippen LogP contribution in [0.5, 0.6) is 0 Å². The van der Waals surface area contributed by atoms with Gasteiger partial charge in [-0.1, -0.05) is 38.1 Å². The molecule has 0 radical (unpaired) electrons. The molecule has 1 nitrogen and oxygen atoms in total. The van der Waals surface area contributed by atoms with Gasteiger partial charge in [-0.2, -0.15) is 0 Å². The van der Waals surface area contributed by atoms with Gasteiger partial charge in [0.25, 0.3) is 0 Å². The summed E-state index contributed by atoms with van der Waals surface area (Å²) in [6.45, 7) is 4.48. The van der Waals surface area contributed by atoms with Gasteiger partial charge in [0, 0.05) is 0 Å². The normalized spacial score (nSPS) is 32.9. The number of fused-ring (bicyclic) bond motifs is 1. The molecule has 0 aromatic heterocycles. The van der Waals surface area contributed by atoms with E-state index in [1.165, 1.54) is 31.2 Å². The fourth-order valence-corrected chi connectivity index (χ4v) is 3.55. The lowest BCUT2D eigenvalue weighted by Crippen LogP contribution is -2.11. The summed E-state index contributed by atoms with van der Waals surface area (Å²) in [7, 11) is 0. The van der Waals surface area contributed by atoms with Crippen molar-refractivity contribution in [1.82, 2.24) is 0 Å². The third kappa shape index (κ3) is 2.21. The van der Waals surface area contributed by atoms with Gasteiger partial charge >= 0.3 is 0 Å². The van der Waals surface area contributed by atoms with Gasteiger partial charge in [-0.05, 0) is 60.5 Å². The van der Waals surface area contributed by atoms with E-state index in [1.54, 1.807) is 0 Å². The Kier molecular flexibility index (Phi) is 3.19. The largest absolute Gasteiger partial charge is 0.388 e. The summed E-state index contributed by atoms with van der Waals surface area (Å²) in [6.07, 6.45) is 4.87. The molecule has 1 aromatic carbocycles. The number of benzene rings is 1. The van der Waals surface area contributed by atoms with Crippen molar-refractivity contribution in [2.75, 3.05) is 0 Å². The van der Waals surface area contributed by atoms with Gasteiger partial charge < -0.3 is 5.11 Å². The summed E-state index contributed by atoms with van der Waals surface area (Å²) in [5.41, 5.74) is 2.51. The molecule has 18 heavy (non-hydrogen) atoms. The van der Waals surface area contributed by atoms with E-state index in [4.69, 9.17) is 0 Å². The lowest BCUT2D eigenvalue weighted by Gasteiger charge is -2.20. The molecule has 4 unspecified atom stereocenters. The highest BCUT2D eigenvalue weighted by molar-refractivity contribution is 5.27. The van der Waals surface area contributed by atoms with Crippen LogP contribution in [0.1, 0.15) is 62.7 Å². The molecule has 2 aliphatic carbocycles. The van der Waals surface area contributed by atoms with Gasteiger partial charge in [0.1, 0.15) is 0 Å². The second-order valence-corrected chi connectivity index (χ2v) is 6.41. The summed E-state index contributed by atoms with van der Waals surface area (Å²) in [6, 6.07) is 8.66. The lowest BCUT2D eigenvalue weighted by atomic mass is 9.90. The van der Waals surface area contributed by atoms with Crippen LogP contribution in [-0.4, -0.2) is 5.11 Å². The quantitative estimate of drug-likeness (QED) is 0.838. The Labute approximate surface area is 110 Å². The molecule has 0 saturated heterocycles. The van der Waals surface area contributed by atoms with Crippen LogP contribution in [0.25, 0.3) is 0 Å². The second-order valence-electron chi connectivity index (χ2n) is 6.41. The van der Waals surface area contributed by atoms with Crippen LogP contribution in [0.15, 0.2) is 24.3 Å². The fourth-order valence-electron chi connectivity index (χ4n) is 3.55. The van der Waals surface area contributed by atoms with Gasteiger partial charge in [-0.25, -0.2) is 0 Å². The average molecular weight is 244 g/mol. The molecule has 0 aliphatic heterocycles. The highest BCUT2D eigenvalue weighted by Gasteiger charge is 2.47. The number of aliphatic hydroxyl groups excluding tert-OH is 1. The lowest BCUT2D eigenvalue weighted by molar-refractivity contribution is 0.104. The minimum atomic E-state index is -0.233. The van der Waals surface area contributed by atoms with Crippen molar-refractivity contribution in [2.24, 2.45) is 17.8 Å². The number of aliphatic hydroxyl groups is 1. The predicted octanol–water partition coefficient (Wildman–Crippen LogP) is 4.28. The molecule has 0 amide bonds. The molecular formula is C17H24O. The predicted molar refractivity (Wildman–Crippen MR) is 74.4 cm³/mol. The van der Waals surface area contributed by atoms with Crippen LogP contribution in [0.4, 0.5) is 0 Å². The summed E-state index contributed by atoms with van der Waals surface area (Å²) < 4.78 is 0. The zero-order valence-corrected chi connectivity index (χ0v) is 11.5. The minimum absolute atomic E-state index is 0.233. The second kappa shape index (κ2) is 4.70. The molecular weight excluding hydrogens is 220 g/mol. The van der Waals surface area contributed by atoms with Crippen LogP contribution in [0, 0.1) is 17.8 Å². The molecule has 1 aromatic rings. The van der Waals surface area contributed by atoms with E-state index in [9.17, 15) is 5.11 Å². The average Bonchev–Trinajstić information content (AvgIpc) is 3.03. The molecule has 0 heterocycles. The standard InChI is InChI=1S/C17H24O/c1-3-11(2)12-4-6-13(7-5-12)17(18)16-9-14-8-15(14)10-16/h4-7,11,14-18H,3,8-10H2,1-2H3. The van der Waals surface area contributed by atoms with E-state index in [0.29, 0.717) is 11.8 Å². The maximum Gasteiger partial charge on any atom is 0.0818 e. The Hall–Kier alpha value is -0.820. The topological polar surface area (TPSA) is 20.2 Å². The monoisotopic (exact) mass is 244 g/mol. The van der Waals surface area contributed by atoms with E-state index < -0.39 is 0 Å². The molecule has 3 rings (SSSR count). The van der Waals surface area contributed by atoms with Crippen LogP contribution >= 0.6 is 0 Å². The summed E-state index contributed by atoms with van der Waals surface area (Å²) >= 11 is 0. The van der Waals surface area contributed by atoms with Crippen molar-refractivity contribution in [3.8, 4) is 0 Å². The van der Waals surface area contributed by atoms with Crippen molar-refractivity contribution < 1.29 is 5.11 Å². The maximum atomic E-state index is 10.4. The third-order valence-corrected chi connectivity index (χ3v) is 5.19. The summed E-state index contributed by atoms with van der Waals surface area (Å²) in [5, 5.41) is 10.4. The van der Waals surface area contributed by atoms with E-state index in [0.717, 1.165) is 17.4 Å². The first kappa shape index (κ1) is 12.2. The van der Waals surface area contributed by atoms with Gasteiger partial charge in [0.2, 0.25) is 0 Å². The molecule has 4 atom stereocenters. The van der Waals surface area contributed by atoms with E-state index >= 15 is 0 Å². The molecule has 2 aliphatic rings. The molecule has 2 fully saturated rings. The van der Waals surface area contributed by atoms with Gasteiger partial charge in [0.05, 0.1) is 6.10 Å². The van der Waals surface area contributed by atoms with Crippen LogP contribution < -0.4 is 0 Å². The van der Waals surface area contributed by atoms with Gasteiger partial charge in [-0.15, -0.1) is 0 Å². The van der Waals surface area contributed by atoms with Crippen LogP contribution in [0.2, 0.25) is 0 Å². The van der Waals surface area contributed by atoms with Gasteiger partial charge in [0.15, 0.2) is 0 Å². The Morgan fingerprint density at radius 2 is 1.61 bits per heavy atom. The first-order valence-corrected chi connectivity index (χ1v) is 7.47. The van der Waals surface area contributed by atoms with E-state index in [-0.39, 0.29) is 6.10 Å². The molecule has 0 bridgehead atoms. The number of rotatable bonds is 4. The van der Waals surface area contributed by atoms with Crippen molar-refractivity contribution >= 4 is 0 Å². The molecule has 2 saturated carbocycles. The Bertz CT molecular complexity index is 398. The molecule has 98 valence electrons. The van der Waals surface area contributed by atoms with E-state index in [1.807, 2.05) is 0 Å².